The highest BCUT2D eigenvalue weighted by molar-refractivity contribution is 6.07. The van der Waals surface area contributed by atoms with Crippen LogP contribution in [0.2, 0.25) is 0 Å². The van der Waals surface area contributed by atoms with Gasteiger partial charge in [0.1, 0.15) is 0 Å². The highest BCUT2D eigenvalue weighted by Gasteiger charge is 2.56. The number of imide groups is 1. The van der Waals surface area contributed by atoms with Crippen molar-refractivity contribution in [1.82, 2.24) is 9.58 Å². The van der Waals surface area contributed by atoms with Crippen LogP contribution in [0.1, 0.15) is 29.5 Å². The van der Waals surface area contributed by atoms with Crippen molar-refractivity contribution in [2.45, 2.75) is 19.4 Å². The number of nitriles is 1. The standard InChI is InChI=1S/C27H22N4O2/c28-13-19-5-1-2-6-20(19)15-30-16-21(22-7-3-4-8-23(22)30)14-29-31-26(32)24-17-9-10-18(12-11-17)25(24)27(31)33/h1-10,14,16-18,24-25H,11-12,15H2/b29-14+. The fourth-order valence-electron chi connectivity index (χ4n) is 5.75. The Balaban J connectivity index is 1.33. The molecule has 2 aromatic carbocycles. The van der Waals surface area contributed by atoms with E-state index in [1.54, 1.807) is 6.21 Å². The second-order valence-electron chi connectivity index (χ2n) is 9.07. The van der Waals surface area contributed by atoms with Crippen LogP contribution in [0.3, 0.4) is 0 Å². The summed E-state index contributed by atoms with van der Waals surface area (Å²) in [5.74, 6) is -0.569. The van der Waals surface area contributed by atoms with Crippen molar-refractivity contribution in [3.63, 3.8) is 0 Å². The topological polar surface area (TPSA) is 78.5 Å². The fraction of sp³-hybridized carbons (Fsp3) is 0.259. The largest absolute Gasteiger partial charge is 0.342 e. The van der Waals surface area contributed by atoms with Crippen LogP contribution in [0.4, 0.5) is 0 Å². The lowest BCUT2D eigenvalue weighted by atomic mass is 9.63. The third-order valence-corrected chi connectivity index (χ3v) is 7.35. The Morgan fingerprint density at radius 1 is 0.970 bits per heavy atom. The number of benzene rings is 2. The zero-order chi connectivity index (χ0) is 22.5. The first-order chi connectivity index (χ1) is 16.2. The number of hydrazone groups is 1. The molecule has 33 heavy (non-hydrogen) atoms. The maximum atomic E-state index is 13.1. The Labute approximate surface area is 191 Å². The molecule has 3 aliphatic carbocycles. The molecule has 0 N–H and O–H groups in total. The van der Waals surface area contributed by atoms with Crippen molar-refractivity contribution < 1.29 is 9.59 Å². The first kappa shape index (κ1) is 19.7. The molecule has 4 atom stereocenters. The van der Waals surface area contributed by atoms with Gasteiger partial charge in [-0.2, -0.15) is 15.4 Å². The number of amides is 2. The number of fused-ring (bicyclic) bond motifs is 2. The van der Waals surface area contributed by atoms with Crippen molar-refractivity contribution in [3.8, 4) is 6.07 Å². The number of allylic oxidation sites excluding steroid dienone is 2. The highest BCUT2D eigenvalue weighted by atomic mass is 16.2. The summed E-state index contributed by atoms with van der Waals surface area (Å²) < 4.78 is 2.07. The Hall–Kier alpha value is -3.98. The molecule has 1 saturated heterocycles. The normalized spacial score (nSPS) is 25.8. The van der Waals surface area contributed by atoms with Crippen LogP contribution in [0.5, 0.6) is 0 Å². The van der Waals surface area contributed by atoms with E-state index >= 15 is 0 Å². The summed E-state index contributed by atoms with van der Waals surface area (Å²) in [5, 5.41) is 15.9. The van der Waals surface area contributed by atoms with Crippen molar-refractivity contribution in [3.05, 3.63) is 83.6 Å². The molecule has 2 bridgehead atoms. The first-order valence-electron chi connectivity index (χ1n) is 11.3. The summed E-state index contributed by atoms with van der Waals surface area (Å²) in [6.45, 7) is 0.541. The lowest BCUT2D eigenvalue weighted by Gasteiger charge is -2.37. The molecule has 2 heterocycles. The lowest BCUT2D eigenvalue weighted by molar-refractivity contribution is -0.140. The quantitative estimate of drug-likeness (QED) is 0.352. The van der Waals surface area contributed by atoms with Gasteiger partial charge in [0, 0.05) is 29.2 Å². The monoisotopic (exact) mass is 434 g/mol. The maximum absolute atomic E-state index is 13.1. The van der Waals surface area contributed by atoms with Gasteiger partial charge in [-0.15, -0.1) is 0 Å². The van der Waals surface area contributed by atoms with E-state index in [4.69, 9.17) is 0 Å². The average Bonchev–Trinajstić information content (AvgIpc) is 3.34. The number of nitrogens with zero attached hydrogens (tertiary/aromatic N) is 4. The van der Waals surface area contributed by atoms with Crippen molar-refractivity contribution in [1.29, 1.82) is 5.26 Å². The molecule has 1 aliphatic heterocycles. The van der Waals surface area contributed by atoms with Crippen molar-refractivity contribution in [2.24, 2.45) is 28.8 Å². The zero-order valence-corrected chi connectivity index (χ0v) is 18.0. The number of aromatic nitrogens is 1. The summed E-state index contributed by atoms with van der Waals surface area (Å²) in [7, 11) is 0. The summed E-state index contributed by atoms with van der Waals surface area (Å²) in [6.07, 6.45) is 9.75. The van der Waals surface area contributed by atoms with Gasteiger partial charge >= 0.3 is 0 Å². The fourth-order valence-corrected chi connectivity index (χ4v) is 5.75. The van der Waals surface area contributed by atoms with Gasteiger partial charge in [-0.25, -0.2) is 0 Å². The summed E-state index contributed by atoms with van der Waals surface area (Å²) in [4.78, 5) is 26.1. The third-order valence-electron chi connectivity index (χ3n) is 7.35. The van der Waals surface area contributed by atoms with Gasteiger partial charge < -0.3 is 4.57 Å². The molecule has 4 aliphatic rings. The van der Waals surface area contributed by atoms with Gasteiger partial charge in [-0.1, -0.05) is 48.6 Å². The second kappa shape index (κ2) is 7.56. The molecule has 2 fully saturated rings. The van der Waals surface area contributed by atoms with E-state index in [-0.39, 0.29) is 35.5 Å². The molecule has 1 saturated carbocycles. The predicted molar refractivity (Wildman–Crippen MR) is 124 cm³/mol. The number of carbonyl (C=O) groups excluding carboxylic acids is 2. The van der Waals surface area contributed by atoms with E-state index in [2.05, 4.69) is 27.9 Å². The number of hydrogen-bond donors (Lipinski definition) is 0. The van der Waals surface area contributed by atoms with Crippen molar-refractivity contribution in [2.75, 3.05) is 0 Å². The molecular formula is C27H22N4O2. The lowest BCUT2D eigenvalue weighted by Crippen LogP contribution is -2.38. The Bertz CT molecular complexity index is 1360. The summed E-state index contributed by atoms with van der Waals surface area (Å²) >= 11 is 0. The van der Waals surface area contributed by atoms with Crippen LogP contribution in [-0.2, 0) is 16.1 Å². The predicted octanol–water partition coefficient (Wildman–Crippen LogP) is 4.09. The molecular weight excluding hydrogens is 412 g/mol. The maximum Gasteiger partial charge on any atom is 0.254 e. The van der Waals surface area contributed by atoms with Crippen LogP contribution in [0.15, 0.2) is 72.0 Å². The molecule has 7 rings (SSSR count). The van der Waals surface area contributed by atoms with Crippen LogP contribution in [-0.4, -0.2) is 27.6 Å². The number of hydrogen-bond acceptors (Lipinski definition) is 4. The van der Waals surface area contributed by atoms with E-state index in [1.165, 1.54) is 0 Å². The van der Waals surface area contributed by atoms with Gasteiger partial charge in [0.05, 0.1) is 29.7 Å². The van der Waals surface area contributed by atoms with Crippen LogP contribution in [0.25, 0.3) is 10.9 Å². The minimum Gasteiger partial charge on any atom is -0.342 e. The van der Waals surface area contributed by atoms with E-state index < -0.39 is 0 Å². The van der Waals surface area contributed by atoms with Crippen LogP contribution in [0, 0.1) is 35.0 Å². The molecule has 6 heteroatoms. The molecule has 1 aromatic heterocycles. The van der Waals surface area contributed by atoms with Gasteiger partial charge in [0.15, 0.2) is 0 Å². The molecule has 162 valence electrons. The molecule has 0 radical (unpaired) electrons. The second-order valence-corrected chi connectivity index (χ2v) is 9.07. The van der Waals surface area contributed by atoms with E-state index in [9.17, 15) is 14.9 Å². The minimum atomic E-state index is -0.262. The molecule has 2 amide bonds. The summed E-state index contributed by atoms with van der Waals surface area (Å²) in [5.41, 5.74) is 3.41. The first-order valence-corrected chi connectivity index (χ1v) is 11.3. The highest BCUT2D eigenvalue weighted by Crippen LogP contribution is 2.49. The molecule has 3 aromatic rings. The molecule has 6 nitrogen and oxygen atoms in total. The van der Waals surface area contributed by atoms with E-state index in [0.717, 1.165) is 39.9 Å². The van der Waals surface area contributed by atoms with Gasteiger partial charge in [-0.3, -0.25) is 9.59 Å². The zero-order valence-electron chi connectivity index (χ0n) is 18.0. The Kier molecular flexibility index (Phi) is 4.51. The summed E-state index contributed by atoms with van der Waals surface area (Å²) in [6, 6.07) is 17.7. The Morgan fingerprint density at radius 2 is 1.64 bits per heavy atom. The van der Waals surface area contributed by atoms with Gasteiger partial charge in [0.2, 0.25) is 0 Å². The average molecular weight is 434 g/mol. The smallest absolute Gasteiger partial charge is 0.254 e. The van der Waals surface area contributed by atoms with E-state index in [1.807, 2.05) is 54.7 Å². The number of para-hydroxylation sites is 1. The van der Waals surface area contributed by atoms with Crippen molar-refractivity contribution >= 4 is 28.9 Å². The SMILES string of the molecule is N#Cc1ccccc1Cn1cc(/C=N/N2C(=O)C3C4C=CC(CC4)C3C2=O)c2ccccc21. The third kappa shape index (κ3) is 3.04. The molecule has 0 spiro atoms. The van der Waals surface area contributed by atoms with Crippen LogP contribution < -0.4 is 0 Å². The molecule has 4 unspecified atom stereocenters. The number of carbonyl (C=O) groups is 2. The van der Waals surface area contributed by atoms with Gasteiger partial charge in [-0.05, 0) is 42.4 Å². The van der Waals surface area contributed by atoms with E-state index in [0.29, 0.717) is 12.1 Å². The Morgan fingerprint density at radius 3 is 2.33 bits per heavy atom. The number of rotatable bonds is 4. The van der Waals surface area contributed by atoms with Gasteiger partial charge in [0.25, 0.3) is 11.8 Å². The van der Waals surface area contributed by atoms with Crippen LogP contribution >= 0.6 is 0 Å². The minimum absolute atomic E-state index is 0.152.